The summed E-state index contributed by atoms with van der Waals surface area (Å²) in [6.45, 7) is 3.56. The number of nitriles is 1. The molecular weight excluding hydrogens is 300 g/mol. The molecule has 0 aromatic heterocycles. The molecule has 0 bridgehead atoms. The summed E-state index contributed by atoms with van der Waals surface area (Å²) >= 11 is 0. The third-order valence-electron chi connectivity index (χ3n) is 4.89. The zero-order valence-electron chi connectivity index (χ0n) is 13.2. The molecule has 23 heavy (non-hydrogen) atoms. The molecule has 3 rings (SSSR count). The monoisotopic (exact) mass is 321 g/mol. The molecule has 124 valence electrons. The Morgan fingerprint density at radius 3 is 2.13 bits per heavy atom. The van der Waals surface area contributed by atoms with Gasteiger partial charge in [-0.05, 0) is 49.3 Å². The molecule has 1 aromatic carbocycles. The van der Waals surface area contributed by atoms with Gasteiger partial charge in [-0.15, -0.1) is 0 Å². The molecule has 1 aromatic rings. The zero-order valence-corrected chi connectivity index (χ0v) is 13.2. The van der Waals surface area contributed by atoms with Gasteiger partial charge in [-0.2, -0.15) is 5.26 Å². The summed E-state index contributed by atoms with van der Waals surface area (Å²) in [5, 5.41) is 8.74. The van der Waals surface area contributed by atoms with Gasteiger partial charge in [0.05, 0.1) is 13.2 Å². The molecule has 0 spiro atoms. The molecule has 2 fully saturated rings. The Balaban J connectivity index is 1.62. The molecular formula is C18H21F2NO2. The third kappa shape index (κ3) is 3.54. The highest BCUT2D eigenvalue weighted by Gasteiger charge is 2.32. The van der Waals surface area contributed by atoms with E-state index in [1.54, 1.807) is 6.07 Å². The van der Waals surface area contributed by atoms with Crippen LogP contribution in [0.1, 0.15) is 49.7 Å². The Labute approximate surface area is 135 Å². The zero-order chi connectivity index (χ0) is 16.4. The van der Waals surface area contributed by atoms with Crippen molar-refractivity contribution < 1.29 is 18.3 Å². The number of benzene rings is 1. The molecule has 1 heterocycles. The summed E-state index contributed by atoms with van der Waals surface area (Å²) in [6.07, 6.45) is 3.42. The van der Waals surface area contributed by atoms with Crippen LogP contribution in [0.3, 0.4) is 0 Å². The van der Waals surface area contributed by atoms with E-state index in [2.05, 4.69) is 6.92 Å². The van der Waals surface area contributed by atoms with Crippen LogP contribution in [-0.2, 0) is 9.47 Å². The summed E-state index contributed by atoms with van der Waals surface area (Å²) in [7, 11) is 0. The third-order valence-corrected chi connectivity index (χ3v) is 4.89. The lowest BCUT2D eigenvalue weighted by atomic mass is 9.78. The lowest BCUT2D eigenvalue weighted by Crippen LogP contribution is -2.37. The highest BCUT2D eigenvalue weighted by molar-refractivity contribution is 5.36. The standard InChI is InChI=1S/C18H21F2NO2/c1-11-9-22-18(23-10-11)13-4-2-12(3-5-13)14-6-16(19)15(8-21)17(20)7-14/h6-7,11-13,18H,2-5,9-10H2,1H3. The van der Waals surface area contributed by atoms with Crippen LogP contribution < -0.4 is 0 Å². The van der Waals surface area contributed by atoms with Crippen LogP contribution in [0.4, 0.5) is 8.78 Å². The van der Waals surface area contributed by atoms with Crippen LogP contribution in [0.2, 0.25) is 0 Å². The Morgan fingerprint density at radius 2 is 1.61 bits per heavy atom. The van der Waals surface area contributed by atoms with Gasteiger partial charge < -0.3 is 9.47 Å². The number of hydrogen-bond acceptors (Lipinski definition) is 3. The van der Waals surface area contributed by atoms with Crippen molar-refractivity contribution in [3.63, 3.8) is 0 Å². The van der Waals surface area contributed by atoms with Gasteiger partial charge in [0.2, 0.25) is 0 Å². The van der Waals surface area contributed by atoms with E-state index >= 15 is 0 Å². The van der Waals surface area contributed by atoms with Gasteiger partial charge in [-0.1, -0.05) is 6.92 Å². The highest BCUT2D eigenvalue weighted by Crippen LogP contribution is 2.39. The summed E-state index contributed by atoms with van der Waals surface area (Å²) in [4.78, 5) is 0. The van der Waals surface area contributed by atoms with Gasteiger partial charge in [0.1, 0.15) is 23.3 Å². The van der Waals surface area contributed by atoms with Crippen LogP contribution in [-0.4, -0.2) is 19.5 Å². The maximum Gasteiger partial charge on any atom is 0.160 e. The Bertz CT molecular complexity index is 575. The molecule has 3 nitrogen and oxygen atoms in total. The number of hydrogen-bond donors (Lipinski definition) is 0. The van der Waals surface area contributed by atoms with Crippen LogP contribution >= 0.6 is 0 Å². The van der Waals surface area contributed by atoms with E-state index in [1.165, 1.54) is 12.1 Å². The summed E-state index contributed by atoms with van der Waals surface area (Å²) in [5.41, 5.74) is 0.150. The van der Waals surface area contributed by atoms with E-state index in [4.69, 9.17) is 14.7 Å². The van der Waals surface area contributed by atoms with Crippen molar-refractivity contribution in [2.45, 2.75) is 44.8 Å². The van der Waals surface area contributed by atoms with E-state index in [0.29, 0.717) is 17.4 Å². The minimum Gasteiger partial charge on any atom is -0.352 e. The molecule has 0 radical (unpaired) electrons. The quantitative estimate of drug-likeness (QED) is 0.823. The van der Waals surface area contributed by atoms with Crippen molar-refractivity contribution >= 4 is 0 Å². The molecule has 0 atom stereocenters. The first-order valence-electron chi connectivity index (χ1n) is 8.20. The normalized spacial score (nSPS) is 31.6. The SMILES string of the molecule is CC1COC(C2CCC(c3cc(F)c(C#N)c(F)c3)CC2)OC1. The van der Waals surface area contributed by atoms with Crippen LogP contribution in [0.5, 0.6) is 0 Å². The topological polar surface area (TPSA) is 42.2 Å². The predicted molar refractivity (Wildman–Crippen MR) is 80.6 cm³/mol. The average molecular weight is 321 g/mol. The number of ether oxygens (including phenoxy) is 2. The molecule has 1 aliphatic carbocycles. The van der Waals surface area contributed by atoms with Crippen LogP contribution in [0.15, 0.2) is 12.1 Å². The maximum atomic E-state index is 13.8. The van der Waals surface area contributed by atoms with E-state index < -0.39 is 17.2 Å². The highest BCUT2D eigenvalue weighted by atomic mass is 19.1. The average Bonchev–Trinajstić information content (AvgIpc) is 2.55. The molecule has 0 N–H and O–H groups in total. The molecule has 1 saturated heterocycles. The largest absolute Gasteiger partial charge is 0.352 e. The first-order chi connectivity index (χ1) is 11.1. The van der Waals surface area contributed by atoms with E-state index in [0.717, 1.165) is 38.9 Å². The summed E-state index contributed by atoms with van der Waals surface area (Å²) in [6, 6.07) is 4.18. The lowest BCUT2D eigenvalue weighted by Gasteiger charge is -2.37. The van der Waals surface area contributed by atoms with Crippen molar-refractivity contribution in [2.75, 3.05) is 13.2 Å². The van der Waals surface area contributed by atoms with Crippen LogP contribution in [0, 0.1) is 34.8 Å². The minimum absolute atomic E-state index is 0.130. The van der Waals surface area contributed by atoms with Crippen molar-refractivity contribution in [2.24, 2.45) is 11.8 Å². The fraction of sp³-hybridized carbons (Fsp3) is 0.611. The first-order valence-corrected chi connectivity index (χ1v) is 8.20. The fourth-order valence-electron chi connectivity index (χ4n) is 3.55. The van der Waals surface area contributed by atoms with Crippen LogP contribution in [0.25, 0.3) is 0 Å². The number of nitrogens with zero attached hydrogens (tertiary/aromatic N) is 1. The van der Waals surface area contributed by atoms with Gasteiger partial charge in [-0.25, -0.2) is 8.78 Å². The smallest absolute Gasteiger partial charge is 0.160 e. The lowest BCUT2D eigenvalue weighted by molar-refractivity contribution is -0.226. The van der Waals surface area contributed by atoms with Crippen molar-refractivity contribution in [1.82, 2.24) is 0 Å². The summed E-state index contributed by atoms with van der Waals surface area (Å²) < 4.78 is 39.1. The molecule has 0 amide bonds. The molecule has 2 aliphatic rings. The maximum absolute atomic E-state index is 13.8. The van der Waals surface area contributed by atoms with Crippen molar-refractivity contribution in [1.29, 1.82) is 5.26 Å². The Hall–Kier alpha value is -1.51. The molecule has 1 aliphatic heterocycles. The second-order valence-electron chi connectivity index (χ2n) is 6.72. The second-order valence-corrected chi connectivity index (χ2v) is 6.72. The second kappa shape index (κ2) is 6.94. The Kier molecular flexibility index (Phi) is 4.93. The molecule has 0 unspecified atom stereocenters. The van der Waals surface area contributed by atoms with Gasteiger partial charge >= 0.3 is 0 Å². The van der Waals surface area contributed by atoms with E-state index in [-0.39, 0.29) is 12.2 Å². The van der Waals surface area contributed by atoms with Crippen molar-refractivity contribution in [3.05, 3.63) is 34.9 Å². The number of halogens is 2. The summed E-state index contributed by atoms with van der Waals surface area (Å²) in [5.74, 6) is -0.611. The number of rotatable bonds is 2. The van der Waals surface area contributed by atoms with E-state index in [9.17, 15) is 8.78 Å². The predicted octanol–water partition coefficient (Wildman–Crippen LogP) is 4.12. The molecule has 1 saturated carbocycles. The Morgan fingerprint density at radius 1 is 1.04 bits per heavy atom. The van der Waals surface area contributed by atoms with Gasteiger partial charge in [-0.3, -0.25) is 0 Å². The van der Waals surface area contributed by atoms with Gasteiger partial charge in [0.15, 0.2) is 6.29 Å². The van der Waals surface area contributed by atoms with Gasteiger partial charge in [0, 0.05) is 11.8 Å². The molecule has 5 heteroatoms. The first kappa shape index (κ1) is 16.4. The van der Waals surface area contributed by atoms with Crippen molar-refractivity contribution in [3.8, 4) is 6.07 Å². The van der Waals surface area contributed by atoms with E-state index in [1.807, 2.05) is 0 Å². The fourth-order valence-corrected chi connectivity index (χ4v) is 3.55. The minimum atomic E-state index is -0.766. The van der Waals surface area contributed by atoms with Gasteiger partial charge in [0.25, 0.3) is 0 Å².